The van der Waals surface area contributed by atoms with E-state index in [0.29, 0.717) is 12.1 Å². The summed E-state index contributed by atoms with van der Waals surface area (Å²) in [6.07, 6.45) is 1.55. The molecule has 98 valence electrons. The van der Waals surface area contributed by atoms with Crippen molar-refractivity contribution < 1.29 is 14.7 Å². The van der Waals surface area contributed by atoms with Crippen LogP contribution < -0.4 is 11.1 Å². The van der Waals surface area contributed by atoms with Crippen LogP contribution in [-0.4, -0.2) is 23.5 Å². The van der Waals surface area contributed by atoms with Gasteiger partial charge >= 0.3 is 5.97 Å². The second-order valence-electron chi connectivity index (χ2n) is 4.06. The highest BCUT2D eigenvalue weighted by molar-refractivity contribution is 6.01. The minimum atomic E-state index is -1.06. The monoisotopic (exact) mass is 250 g/mol. The van der Waals surface area contributed by atoms with Gasteiger partial charge in [0.25, 0.3) is 0 Å². The first-order chi connectivity index (χ1) is 8.60. The Balaban J connectivity index is 2.84. The van der Waals surface area contributed by atoms with Gasteiger partial charge in [0.05, 0.1) is 17.2 Å². The number of para-hydroxylation sites is 1. The summed E-state index contributed by atoms with van der Waals surface area (Å²) in [5.41, 5.74) is 5.93. The lowest BCUT2D eigenvalue weighted by molar-refractivity contribution is -0.119. The van der Waals surface area contributed by atoms with Crippen LogP contribution in [-0.2, 0) is 4.79 Å². The zero-order valence-electron chi connectivity index (χ0n) is 10.3. The van der Waals surface area contributed by atoms with Gasteiger partial charge in [-0.1, -0.05) is 25.5 Å². The molecule has 0 fully saturated rings. The van der Waals surface area contributed by atoms with E-state index < -0.39 is 5.97 Å². The van der Waals surface area contributed by atoms with Crippen molar-refractivity contribution in [3.05, 3.63) is 29.8 Å². The molecule has 0 aliphatic rings. The molecule has 0 aliphatic heterocycles. The van der Waals surface area contributed by atoms with Gasteiger partial charge in [-0.2, -0.15) is 0 Å². The number of nitrogens with one attached hydrogen (secondary N) is 1. The lowest BCUT2D eigenvalue weighted by Crippen LogP contribution is -2.29. The van der Waals surface area contributed by atoms with Crippen molar-refractivity contribution in [2.45, 2.75) is 19.8 Å². The highest BCUT2D eigenvalue weighted by Gasteiger charge is 2.18. The van der Waals surface area contributed by atoms with E-state index in [9.17, 15) is 9.59 Å². The van der Waals surface area contributed by atoms with Gasteiger partial charge in [0, 0.05) is 6.54 Å². The lowest BCUT2D eigenvalue weighted by Gasteiger charge is -2.15. The number of rotatable bonds is 6. The molecule has 0 aliphatic carbocycles. The number of benzene rings is 1. The first kappa shape index (κ1) is 14.2. The molecule has 1 aromatic rings. The Kier molecular flexibility index (Phi) is 5.32. The van der Waals surface area contributed by atoms with E-state index in [0.717, 1.165) is 6.42 Å². The molecule has 0 bridgehead atoms. The zero-order chi connectivity index (χ0) is 13.5. The number of nitrogens with two attached hydrogens (primary N) is 1. The molecule has 5 heteroatoms. The number of carboxylic acid groups (broad SMARTS) is 1. The number of carboxylic acids is 1. The maximum atomic E-state index is 11.9. The molecule has 0 aromatic heterocycles. The standard InChI is InChI=1S/C13H18N2O3/c1-2-5-9(8-14)12(16)15-11-7-4-3-6-10(11)13(17)18/h3-4,6-7,9H,2,5,8,14H2,1H3,(H,15,16)(H,17,18). The van der Waals surface area contributed by atoms with Crippen LogP contribution in [0, 0.1) is 5.92 Å². The summed E-state index contributed by atoms with van der Waals surface area (Å²) in [7, 11) is 0. The minimum Gasteiger partial charge on any atom is -0.478 e. The van der Waals surface area contributed by atoms with Crippen LogP contribution in [0.4, 0.5) is 5.69 Å². The largest absolute Gasteiger partial charge is 0.478 e. The van der Waals surface area contributed by atoms with Gasteiger partial charge in [-0.3, -0.25) is 4.79 Å². The van der Waals surface area contributed by atoms with Crippen LogP contribution >= 0.6 is 0 Å². The summed E-state index contributed by atoms with van der Waals surface area (Å²) in [4.78, 5) is 22.9. The molecule has 1 amide bonds. The molecule has 1 atom stereocenters. The first-order valence-corrected chi connectivity index (χ1v) is 5.93. The van der Waals surface area contributed by atoms with E-state index in [1.165, 1.54) is 6.07 Å². The third-order valence-electron chi connectivity index (χ3n) is 2.71. The number of carbonyl (C=O) groups is 2. The SMILES string of the molecule is CCCC(CN)C(=O)Nc1ccccc1C(=O)O. The molecular formula is C13H18N2O3. The Morgan fingerprint density at radius 2 is 2.06 bits per heavy atom. The molecule has 5 nitrogen and oxygen atoms in total. The fourth-order valence-corrected chi connectivity index (χ4v) is 1.72. The van der Waals surface area contributed by atoms with Crippen LogP contribution in [0.3, 0.4) is 0 Å². The Morgan fingerprint density at radius 3 is 2.61 bits per heavy atom. The Hall–Kier alpha value is -1.88. The second-order valence-corrected chi connectivity index (χ2v) is 4.06. The van der Waals surface area contributed by atoms with Crippen molar-refractivity contribution in [1.29, 1.82) is 0 Å². The van der Waals surface area contributed by atoms with Crippen molar-refractivity contribution >= 4 is 17.6 Å². The van der Waals surface area contributed by atoms with E-state index in [2.05, 4.69) is 5.32 Å². The number of hydrogen-bond acceptors (Lipinski definition) is 3. The summed E-state index contributed by atoms with van der Waals surface area (Å²) in [5.74, 6) is -1.57. The fraction of sp³-hybridized carbons (Fsp3) is 0.385. The van der Waals surface area contributed by atoms with Crippen molar-refractivity contribution in [1.82, 2.24) is 0 Å². The van der Waals surface area contributed by atoms with Crippen LogP contribution in [0.15, 0.2) is 24.3 Å². The third kappa shape index (κ3) is 3.56. The highest BCUT2D eigenvalue weighted by atomic mass is 16.4. The molecule has 1 aromatic carbocycles. The van der Waals surface area contributed by atoms with Gasteiger partial charge < -0.3 is 16.2 Å². The first-order valence-electron chi connectivity index (χ1n) is 5.93. The Morgan fingerprint density at radius 1 is 1.39 bits per heavy atom. The number of hydrogen-bond donors (Lipinski definition) is 3. The van der Waals surface area contributed by atoms with Crippen LogP contribution in [0.25, 0.3) is 0 Å². The number of aromatic carboxylic acids is 1. The molecule has 18 heavy (non-hydrogen) atoms. The predicted octanol–water partition coefficient (Wildman–Crippen LogP) is 1.70. The zero-order valence-corrected chi connectivity index (χ0v) is 10.3. The third-order valence-corrected chi connectivity index (χ3v) is 2.71. The summed E-state index contributed by atoms with van der Waals surface area (Å²) in [6, 6.07) is 6.32. The van der Waals surface area contributed by atoms with E-state index in [4.69, 9.17) is 10.8 Å². The molecule has 0 radical (unpaired) electrons. The van der Waals surface area contributed by atoms with E-state index in [1.54, 1.807) is 18.2 Å². The quantitative estimate of drug-likeness (QED) is 0.716. The van der Waals surface area contributed by atoms with E-state index in [-0.39, 0.29) is 23.9 Å². The summed E-state index contributed by atoms with van der Waals surface area (Å²) in [6.45, 7) is 2.23. The van der Waals surface area contributed by atoms with Gasteiger partial charge in [-0.15, -0.1) is 0 Å². The lowest BCUT2D eigenvalue weighted by atomic mass is 10.0. The van der Waals surface area contributed by atoms with E-state index in [1.807, 2.05) is 6.92 Å². The predicted molar refractivity (Wildman–Crippen MR) is 69.5 cm³/mol. The molecule has 0 heterocycles. The molecule has 4 N–H and O–H groups in total. The normalized spacial score (nSPS) is 11.9. The van der Waals surface area contributed by atoms with Crippen LogP contribution in [0.5, 0.6) is 0 Å². The van der Waals surface area contributed by atoms with Gasteiger partial charge in [0.15, 0.2) is 0 Å². The van der Waals surface area contributed by atoms with Gasteiger partial charge in [0.2, 0.25) is 5.91 Å². The molecular weight excluding hydrogens is 232 g/mol. The van der Waals surface area contributed by atoms with Crippen molar-refractivity contribution in [3.63, 3.8) is 0 Å². The number of anilines is 1. The maximum Gasteiger partial charge on any atom is 0.337 e. The summed E-state index contributed by atoms with van der Waals surface area (Å²) in [5, 5.41) is 11.6. The van der Waals surface area contributed by atoms with Gasteiger partial charge in [-0.05, 0) is 18.6 Å². The molecule has 0 saturated carbocycles. The van der Waals surface area contributed by atoms with Gasteiger partial charge in [-0.25, -0.2) is 4.79 Å². The highest BCUT2D eigenvalue weighted by Crippen LogP contribution is 2.17. The Labute approximate surface area is 106 Å². The number of carbonyl (C=O) groups excluding carboxylic acids is 1. The van der Waals surface area contributed by atoms with Crippen molar-refractivity contribution in [3.8, 4) is 0 Å². The minimum absolute atomic E-state index is 0.0816. The van der Waals surface area contributed by atoms with Crippen LogP contribution in [0.2, 0.25) is 0 Å². The van der Waals surface area contributed by atoms with Crippen LogP contribution in [0.1, 0.15) is 30.1 Å². The summed E-state index contributed by atoms with van der Waals surface area (Å²) >= 11 is 0. The molecule has 1 rings (SSSR count). The fourth-order valence-electron chi connectivity index (χ4n) is 1.72. The molecule has 1 unspecified atom stereocenters. The average Bonchev–Trinajstić information content (AvgIpc) is 2.36. The van der Waals surface area contributed by atoms with Crippen molar-refractivity contribution in [2.24, 2.45) is 11.7 Å². The number of amides is 1. The maximum absolute atomic E-state index is 11.9. The van der Waals surface area contributed by atoms with Crippen molar-refractivity contribution in [2.75, 3.05) is 11.9 Å². The molecule has 0 spiro atoms. The summed E-state index contributed by atoms with van der Waals surface area (Å²) < 4.78 is 0. The smallest absolute Gasteiger partial charge is 0.337 e. The van der Waals surface area contributed by atoms with E-state index >= 15 is 0 Å². The topological polar surface area (TPSA) is 92.4 Å². The molecule has 0 saturated heterocycles. The average molecular weight is 250 g/mol. The van der Waals surface area contributed by atoms with Gasteiger partial charge in [0.1, 0.15) is 0 Å². The Bertz CT molecular complexity index is 432. The second kappa shape index (κ2) is 6.76.